The number of hydrogen-bond donors (Lipinski definition) is 2. The summed E-state index contributed by atoms with van der Waals surface area (Å²) in [6.45, 7) is 0. The minimum absolute atomic E-state index is 0. The molecule has 0 amide bonds. The minimum atomic E-state index is -4.49. The van der Waals surface area contributed by atoms with Gasteiger partial charge in [0.05, 0.1) is 0 Å². The summed E-state index contributed by atoms with van der Waals surface area (Å²) in [5, 5.41) is 1.56. The molecule has 0 radical (unpaired) electrons. The van der Waals surface area contributed by atoms with Crippen molar-refractivity contribution in [1.29, 1.82) is 0 Å². The van der Waals surface area contributed by atoms with Gasteiger partial charge in [-0.2, -0.15) is 0 Å². The first-order valence-corrected chi connectivity index (χ1v) is 5.82. The van der Waals surface area contributed by atoms with Crippen LogP contribution in [0.4, 0.5) is 0 Å². The van der Waals surface area contributed by atoms with E-state index < -0.39 is 7.82 Å². The fourth-order valence-corrected chi connectivity index (χ4v) is 1.82. The molecule has 0 aliphatic rings. The van der Waals surface area contributed by atoms with Crippen LogP contribution in [0.3, 0.4) is 0 Å². The molecular formula is C10H9Na2O4P+2. The maximum absolute atomic E-state index is 10.7. The maximum Gasteiger partial charge on any atom is 1.00 e. The molecule has 17 heavy (non-hydrogen) atoms. The van der Waals surface area contributed by atoms with Gasteiger partial charge in [-0.15, -0.1) is 0 Å². The van der Waals surface area contributed by atoms with Gasteiger partial charge in [0.15, 0.2) is 0 Å². The Kier molecular flexibility index (Phi) is 7.57. The largest absolute Gasteiger partial charge is 1.00 e. The van der Waals surface area contributed by atoms with Crippen LogP contribution in [0.2, 0.25) is 0 Å². The molecule has 0 spiro atoms. The Morgan fingerprint density at radius 3 is 2.18 bits per heavy atom. The summed E-state index contributed by atoms with van der Waals surface area (Å²) in [6.07, 6.45) is 0. The molecule has 0 aliphatic carbocycles. The number of fused-ring (bicyclic) bond motifs is 1. The van der Waals surface area contributed by atoms with Crippen LogP contribution in [-0.2, 0) is 4.57 Å². The smallest absolute Gasteiger partial charge is 0.404 e. The Bertz CT molecular complexity index is 535. The average Bonchev–Trinajstić information content (AvgIpc) is 2.16. The molecule has 2 N–H and O–H groups in total. The zero-order valence-corrected chi connectivity index (χ0v) is 14.6. The van der Waals surface area contributed by atoms with Crippen LogP contribution in [0, 0.1) is 0 Å². The third-order valence-corrected chi connectivity index (χ3v) is 2.40. The van der Waals surface area contributed by atoms with Crippen molar-refractivity contribution in [3.05, 3.63) is 42.5 Å². The molecule has 0 atom stereocenters. The van der Waals surface area contributed by atoms with Crippen molar-refractivity contribution >= 4 is 18.6 Å². The van der Waals surface area contributed by atoms with Gasteiger partial charge in [0, 0.05) is 5.39 Å². The Morgan fingerprint density at radius 1 is 0.941 bits per heavy atom. The van der Waals surface area contributed by atoms with Crippen molar-refractivity contribution in [2.75, 3.05) is 0 Å². The van der Waals surface area contributed by atoms with Crippen molar-refractivity contribution in [3.8, 4) is 5.75 Å². The van der Waals surface area contributed by atoms with E-state index in [-0.39, 0.29) is 64.9 Å². The third kappa shape index (κ3) is 5.03. The molecule has 7 heteroatoms. The molecular weight excluding hydrogens is 261 g/mol. The Balaban J connectivity index is 0.00000128. The second-order valence-corrected chi connectivity index (χ2v) is 4.22. The first-order valence-electron chi connectivity index (χ1n) is 4.29. The average molecular weight is 270 g/mol. The van der Waals surface area contributed by atoms with Crippen molar-refractivity contribution in [3.63, 3.8) is 0 Å². The normalized spacial score (nSPS) is 10.2. The molecule has 2 aromatic carbocycles. The number of phosphoric acid groups is 1. The summed E-state index contributed by atoms with van der Waals surface area (Å²) in [4.78, 5) is 17.4. The van der Waals surface area contributed by atoms with E-state index in [9.17, 15) is 4.57 Å². The monoisotopic (exact) mass is 270 g/mol. The molecule has 78 valence electrons. The van der Waals surface area contributed by atoms with Crippen LogP contribution in [0.15, 0.2) is 42.5 Å². The molecule has 2 aromatic rings. The third-order valence-electron chi connectivity index (χ3n) is 1.97. The zero-order valence-electron chi connectivity index (χ0n) is 9.70. The van der Waals surface area contributed by atoms with Gasteiger partial charge in [0.1, 0.15) is 5.75 Å². The number of rotatable bonds is 2. The first kappa shape index (κ1) is 17.6. The van der Waals surface area contributed by atoms with Crippen LogP contribution < -0.4 is 63.6 Å². The predicted octanol–water partition coefficient (Wildman–Crippen LogP) is -3.68. The molecule has 0 heterocycles. The fourth-order valence-electron chi connectivity index (χ4n) is 1.40. The summed E-state index contributed by atoms with van der Waals surface area (Å²) in [6, 6.07) is 12.3. The van der Waals surface area contributed by atoms with Crippen molar-refractivity contribution in [2.24, 2.45) is 0 Å². The van der Waals surface area contributed by atoms with Gasteiger partial charge in [-0.1, -0.05) is 36.4 Å². The van der Waals surface area contributed by atoms with Gasteiger partial charge in [-0.3, -0.25) is 9.79 Å². The summed E-state index contributed by atoms with van der Waals surface area (Å²) in [5.41, 5.74) is 0. The van der Waals surface area contributed by atoms with E-state index in [1.165, 1.54) is 6.07 Å². The topological polar surface area (TPSA) is 66.8 Å². The molecule has 0 fully saturated rings. The first-order chi connectivity index (χ1) is 7.06. The molecule has 0 saturated heterocycles. The quantitative estimate of drug-likeness (QED) is 0.436. The Morgan fingerprint density at radius 2 is 1.53 bits per heavy atom. The summed E-state index contributed by atoms with van der Waals surface area (Å²) >= 11 is 0. The summed E-state index contributed by atoms with van der Waals surface area (Å²) in [7, 11) is -4.49. The van der Waals surface area contributed by atoms with Gasteiger partial charge < -0.3 is 4.52 Å². The molecule has 4 nitrogen and oxygen atoms in total. The molecule has 0 saturated carbocycles. The second-order valence-electron chi connectivity index (χ2n) is 3.06. The van der Waals surface area contributed by atoms with E-state index in [4.69, 9.17) is 9.79 Å². The minimum Gasteiger partial charge on any atom is -0.404 e. The molecule has 0 aliphatic heterocycles. The van der Waals surface area contributed by atoms with E-state index in [0.29, 0.717) is 5.39 Å². The predicted molar refractivity (Wildman–Crippen MR) is 56.6 cm³/mol. The van der Waals surface area contributed by atoms with E-state index in [2.05, 4.69) is 4.52 Å². The van der Waals surface area contributed by atoms with Crippen LogP contribution in [0.25, 0.3) is 10.8 Å². The van der Waals surface area contributed by atoms with Crippen LogP contribution in [0.1, 0.15) is 0 Å². The summed E-state index contributed by atoms with van der Waals surface area (Å²) in [5.74, 6) is 0.196. The van der Waals surface area contributed by atoms with Crippen LogP contribution in [-0.4, -0.2) is 9.79 Å². The van der Waals surface area contributed by atoms with Gasteiger partial charge in [0.25, 0.3) is 0 Å². The van der Waals surface area contributed by atoms with E-state index >= 15 is 0 Å². The molecule has 0 unspecified atom stereocenters. The van der Waals surface area contributed by atoms with E-state index in [1.807, 2.05) is 18.2 Å². The van der Waals surface area contributed by atoms with Gasteiger partial charge in [-0.25, -0.2) is 4.57 Å². The molecule has 2 rings (SSSR count). The maximum atomic E-state index is 10.7. The number of benzene rings is 2. The summed E-state index contributed by atoms with van der Waals surface area (Å²) < 4.78 is 15.3. The second kappa shape index (κ2) is 7.29. The van der Waals surface area contributed by atoms with Crippen molar-refractivity contribution in [2.45, 2.75) is 0 Å². The Hall–Kier alpha value is 0.650. The number of hydrogen-bond acceptors (Lipinski definition) is 2. The van der Waals surface area contributed by atoms with Crippen molar-refractivity contribution < 1.29 is 78.0 Å². The van der Waals surface area contributed by atoms with Crippen LogP contribution >= 0.6 is 7.82 Å². The van der Waals surface area contributed by atoms with Crippen molar-refractivity contribution in [1.82, 2.24) is 0 Å². The standard InChI is InChI=1S/C10H9O4P.2Na/c11-15(12,13)14-10-7-3-5-8-4-1-2-6-9(8)10;;/h1-7H,(H2,11,12,13);;/q;2*+1. The van der Waals surface area contributed by atoms with Gasteiger partial charge in [0.2, 0.25) is 0 Å². The molecule has 0 bridgehead atoms. The van der Waals surface area contributed by atoms with E-state index in [0.717, 1.165) is 5.39 Å². The molecule has 0 aromatic heterocycles. The fraction of sp³-hybridized carbons (Fsp3) is 0. The van der Waals surface area contributed by atoms with Crippen LogP contribution in [0.5, 0.6) is 5.75 Å². The zero-order chi connectivity index (χ0) is 10.9. The van der Waals surface area contributed by atoms with E-state index in [1.54, 1.807) is 18.2 Å². The SMILES string of the molecule is O=P(O)(O)Oc1cccc2ccccc12.[Na+].[Na+]. The Labute approximate surface area is 143 Å². The van der Waals surface area contributed by atoms with Gasteiger partial charge >= 0.3 is 66.9 Å². The van der Waals surface area contributed by atoms with Gasteiger partial charge in [-0.05, 0) is 11.5 Å². The number of phosphoric ester groups is 1.